The summed E-state index contributed by atoms with van der Waals surface area (Å²) in [5.74, 6) is 0.0276. The van der Waals surface area contributed by atoms with E-state index in [1.807, 2.05) is 6.07 Å². The van der Waals surface area contributed by atoms with Crippen molar-refractivity contribution < 1.29 is 28.7 Å². The molecule has 0 radical (unpaired) electrons. The number of esters is 1. The van der Waals surface area contributed by atoms with Crippen molar-refractivity contribution >= 4 is 23.3 Å². The van der Waals surface area contributed by atoms with Gasteiger partial charge in [-0.05, 0) is 37.1 Å². The number of non-ortho nitro benzene ring substituents is 1. The molecule has 0 saturated heterocycles. The molecule has 0 fully saturated rings. The second-order valence-electron chi connectivity index (χ2n) is 6.12. The number of carbonyl (C=O) groups excluding carboxylic acids is 2. The van der Waals surface area contributed by atoms with E-state index >= 15 is 0 Å². The summed E-state index contributed by atoms with van der Waals surface area (Å²) in [7, 11) is 3.06. The zero-order valence-electron chi connectivity index (χ0n) is 16.3. The lowest BCUT2D eigenvalue weighted by molar-refractivity contribution is -0.384. The molecule has 0 aliphatic carbocycles. The maximum atomic E-state index is 12.2. The van der Waals surface area contributed by atoms with Gasteiger partial charge in [0.05, 0.1) is 19.1 Å². The highest BCUT2D eigenvalue weighted by molar-refractivity contribution is 5.95. The average molecular weight is 402 g/mol. The van der Waals surface area contributed by atoms with Crippen LogP contribution in [0.15, 0.2) is 42.5 Å². The number of anilines is 1. The molecule has 29 heavy (non-hydrogen) atoms. The molecule has 1 amide bonds. The second-order valence-corrected chi connectivity index (χ2v) is 6.12. The maximum Gasteiger partial charge on any atom is 0.306 e. The van der Waals surface area contributed by atoms with Crippen molar-refractivity contribution in [3.8, 4) is 11.5 Å². The number of hydrogen-bond donors (Lipinski definition) is 1. The van der Waals surface area contributed by atoms with Crippen molar-refractivity contribution in [3.05, 3.63) is 58.1 Å². The normalized spacial score (nSPS) is 11.3. The van der Waals surface area contributed by atoms with Crippen LogP contribution in [0.2, 0.25) is 0 Å². The summed E-state index contributed by atoms with van der Waals surface area (Å²) in [6.45, 7) is 1.43. The molecule has 0 aromatic heterocycles. The summed E-state index contributed by atoms with van der Waals surface area (Å²) < 4.78 is 15.5. The number of aryl methyl sites for hydroxylation is 1. The van der Waals surface area contributed by atoms with Crippen molar-refractivity contribution in [1.82, 2.24) is 0 Å². The van der Waals surface area contributed by atoms with Crippen molar-refractivity contribution in [2.45, 2.75) is 25.9 Å². The third-order valence-corrected chi connectivity index (χ3v) is 4.07. The zero-order valence-corrected chi connectivity index (χ0v) is 16.3. The van der Waals surface area contributed by atoms with Crippen molar-refractivity contribution in [1.29, 1.82) is 0 Å². The second kappa shape index (κ2) is 10.1. The van der Waals surface area contributed by atoms with Crippen molar-refractivity contribution in [2.75, 3.05) is 19.5 Å². The average Bonchev–Trinajstić information content (AvgIpc) is 2.72. The molecule has 0 saturated carbocycles. The number of hydrogen-bond acceptors (Lipinski definition) is 7. The fourth-order valence-electron chi connectivity index (χ4n) is 2.53. The Labute approximate surface area is 167 Å². The predicted octanol–water partition coefficient (Wildman–Crippen LogP) is 3.12. The van der Waals surface area contributed by atoms with Crippen LogP contribution in [0.4, 0.5) is 11.4 Å². The van der Waals surface area contributed by atoms with Crippen LogP contribution in [0, 0.1) is 10.1 Å². The fourth-order valence-corrected chi connectivity index (χ4v) is 2.53. The van der Waals surface area contributed by atoms with Gasteiger partial charge in [-0.3, -0.25) is 19.7 Å². The number of nitro groups is 1. The number of nitrogens with zero attached hydrogens (tertiary/aromatic N) is 1. The lowest BCUT2D eigenvalue weighted by Crippen LogP contribution is -2.30. The number of amides is 1. The predicted molar refractivity (Wildman–Crippen MR) is 105 cm³/mol. The molecule has 0 aliphatic heterocycles. The molecule has 0 heterocycles. The van der Waals surface area contributed by atoms with Gasteiger partial charge in [-0.1, -0.05) is 12.1 Å². The summed E-state index contributed by atoms with van der Waals surface area (Å²) in [6.07, 6.45) is -0.574. The highest BCUT2D eigenvalue weighted by Gasteiger charge is 2.19. The molecule has 154 valence electrons. The first kappa shape index (κ1) is 21.7. The van der Waals surface area contributed by atoms with Gasteiger partial charge in [0.1, 0.15) is 0 Å². The summed E-state index contributed by atoms with van der Waals surface area (Å²) >= 11 is 0. The smallest absolute Gasteiger partial charge is 0.306 e. The Morgan fingerprint density at radius 1 is 1.10 bits per heavy atom. The Hall–Kier alpha value is -3.62. The van der Waals surface area contributed by atoms with Crippen LogP contribution in [0.25, 0.3) is 0 Å². The van der Waals surface area contributed by atoms with Crippen LogP contribution in [0.5, 0.6) is 11.5 Å². The van der Waals surface area contributed by atoms with E-state index in [4.69, 9.17) is 14.2 Å². The molecule has 1 atom stereocenters. The van der Waals surface area contributed by atoms with Crippen LogP contribution in [0.3, 0.4) is 0 Å². The first-order valence-corrected chi connectivity index (χ1v) is 8.79. The number of rotatable bonds is 9. The van der Waals surface area contributed by atoms with Gasteiger partial charge in [0.15, 0.2) is 17.6 Å². The van der Waals surface area contributed by atoms with Crippen LogP contribution in [0.1, 0.15) is 18.9 Å². The van der Waals surface area contributed by atoms with E-state index in [9.17, 15) is 19.7 Å². The molecule has 2 aromatic carbocycles. The number of carbonyl (C=O) groups is 2. The van der Waals surface area contributed by atoms with E-state index < -0.39 is 22.9 Å². The standard InChI is InChI=1S/C20H22N2O7/c1-13(20(24)21-15-5-4-6-16(12-15)22(25)26)29-19(23)10-8-14-7-9-17(27-2)18(11-14)28-3/h4-7,9,11-13H,8,10H2,1-3H3,(H,21,24). The Bertz CT molecular complexity index is 898. The van der Waals surface area contributed by atoms with Crippen LogP contribution >= 0.6 is 0 Å². The maximum absolute atomic E-state index is 12.2. The van der Waals surface area contributed by atoms with Gasteiger partial charge in [-0.2, -0.15) is 0 Å². The molecule has 0 spiro atoms. The Morgan fingerprint density at radius 2 is 1.83 bits per heavy atom. The van der Waals surface area contributed by atoms with E-state index in [0.717, 1.165) is 5.56 Å². The lowest BCUT2D eigenvalue weighted by Gasteiger charge is -2.14. The van der Waals surface area contributed by atoms with Gasteiger partial charge < -0.3 is 19.5 Å². The molecular weight excluding hydrogens is 380 g/mol. The molecule has 9 heteroatoms. The molecule has 0 aliphatic rings. The van der Waals surface area contributed by atoms with Gasteiger partial charge in [-0.15, -0.1) is 0 Å². The summed E-state index contributed by atoms with van der Waals surface area (Å²) in [5.41, 5.74) is 0.952. The van der Waals surface area contributed by atoms with Gasteiger partial charge in [-0.25, -0.2) is 0 Å². The number of nitrogens with one attached hydrogen (secondary N) is 1. The monoisotopic (exact) mass is 402 g/mol. The van der Waals surface area contributed by atoms with Crippen molar-refractivity contribution in [2.24, 2.45) is 0 Å². The summed E-state index contributed by atoms with van der Waals surface area (Å²) in [6, 6.07) is 10.8. The van der Waals surface area contributed by atoms with E-state index in [-0.39, 0.29) is 17.8 Å². The van der Waals surface area contributed by atoms with E-state index in [1.54, 1.807) is 12.1 Å². The molecule has 1 N–H and O–H groups in total. The van der Waals surface area contributed by atoms with Crippen LogP contribution < -0.4 is 14.8 Å². The number of methoxy groups -OCH3 is 2. The SMILES string of the molecule is COc1ccc(CCC(=O)OC(C)C(=O)Nc2cccc([N+](=O)[O-])c2)cc1OC. The van der Waals surface area contributed by atoms with Crippen LogP contribution in [-0.2, 0) is 20.7 Å². The van der Waals surface area contributed by atoms with Crippen molar-refractivity contribution in [3.63, 3.8) is 0 Å². The minimum Gasteiger partial charge on any atom is -0.493 e. The van der Waals surface area contributed by atoms with Gasteiger partial charge in [0, 0.05) is 24.2 Å². The van der Waals surface area contributed by atoms with Gasteiger partial charge >= 0.3 is 5.97 Å². The molecule has 2 rings (SSSR count). The van der Waals surface area contributed by atoms with Crippen LogP contribution in [-0.4, -0.2) is 37.1 Å². The largest absolute Gasteiger partial charge is 0.493 e. The van der Waals surface area contributed by atoms with E-state index in [2.05, 4.69) is 5.32 Å². The molecule has 1 unspecified atom stereocenters. The number of ether oxygens (including phenoxy) is 3. The Morgan fingerprint density at radius 3 is 2.48 bits per heavy atom. The summed E-state index contributed by atoms with van der Waals surface area (Å²) in [5, 5.41) is 13.3. The highest BCUT2D eigenvalue weighted by atomic mass is 16.6. The third-order valence-electron chi connectivity index (χ3n) is 4.07. The Balaban J connectivity index is 1.87. The molecular formula is C20H22N2O7. The number of benzene rings is 2. The fraction of sp³-hybridized carbons (Fsp3) is 0.300. The quantitative estimate of drug-likeness (QED) is 0.389. The first-order valence-electron chi connectivity index (χ1n) is 8.79. The van der Waals surface area contributed by atoms with Gasteiger partial charge in [0.2, 0.25) is 0 Å². The highest BCUT2D eigenvalue weighted by Crippen LogP contribution is 2.28. The molecule has 0 bridgehead atoms. The molecule has 2 aromatic rings. The van der Waals surface area contributed by atoms with E-state index in [0.29, 0.717) is 17.9 Å². The molecule has 9 nitrogen and oxygen atoms in total. The zero-order chi connectivity index (χ0) is 21.4. The van der Waals surface area contributed by atoms with E-state index in [1.165, 1.54) is 45.4 Å². The first-order chi connectivity index (χ1) is 13.8. The minimum absolute atomic E-state index is 0.0733. The van der Waals surface area contributed by atoms with Gasteiger partial charge in [0.25, 0.3) is 11.6 Å². The number of nitro benzene ring substituents is 1. The third kappa shape index (κ3) is 6.20. The Kier molecular flexibility index (Phi) is 7.53. The minimum atomic E-state index is -1.05. The lowest BCUT2D eigenvalue weighted by atomic mass is 10.1. The topological polar surface area (TPSA) is 117 Å². The summed E-state index contributed by atoms with van der Waals surface area (Å²) in [4.78, 5) is 34.5.